The Kier molecular flexibility index (Phi) is 5.40. The van der Waals surface area contributed by atoms with E-state index >= 15 is 0 Å². The molecule has 1 rings (SSSR count). The average molecular weight is 325 g/mol. The van der Waals surface area contributed by atoms with E-state index in [-0.39, 0.29) is 12.5 Å². The molecular formula is C13H18F3NO3S. The summed E-state index contributed by atoms with van der Waals surface area (Å²) < 4.78 is 65.2. The van der Waals surface area contributed by atoms with Crippen LogP contribution < -0.4 is 4.72 Å². The standard InChI is InChI=1S/C13H18F3NO3S/c1-8(2)6-13(3,18)7-17-21(19,20)10-5-4-9(14)11(15)12(10)16/h4-5,8,17-18H,6-7H2,1-3H3. The molecule has 0 aliphatic heterocycles. The van der Waals surface area contributed by atoms with Crippen molar-refractivity contribution in [3.8, 4) is 0 Å². The molecule has 4 nitrogen and oxygen atoms in total. The van der Waals surface area contributed by atoms with E-state index < -0.39 is 38.0 Å². The number of sulfonamides is 1. The van der Waals surface area contributed by atoms with Crippen molar-refractivity contribution in [2.45, 2.75) is 37.7 Å². The van der Waals surface area contributed by atoms with Crippen molar-refractivity contribution in [2.24, 2.45) is 5.92 Å². The van der Waals surface area contributed by atoms with Gasteiger partial charge < -0.3 is 5.11 Å². The van der Waals surface area contributed by atoms with Crippen molar-refractivity contribution in [3.63, 3.8) is 0 Å². The molecule has 1 unspecified atom stereocenters. The van der Waals surface area contributed by atoms with Gasteiger partial charge in [0.2, 0.25) is 10.0 Å². The summed E-state index contributed by atoms with van der Waals surface area (Å²) in [5, 5.41) is 10.0. The molecule has 0 saturated carbocycles. The molecule has 0 spiro atoms. The molecule has 0 heterocycles. The maximum Gasteiger partial charge on any atom is 0.243 e. The Morgan fingerprint density at radius 2 is 1.81 bits per heavy atom. The molecule has 1 atom stereocenters. The Labute approximate surface area is 122 Å². The van der Waals surface area contributed by atoms with E-state index in [1.54, 1.807) is 0 Å². The smallest absolute Gasteiger partial charge is 0.243 e. The highest BCUT2D eigenvalue weighted by molar-refractivity contribution is 7.89. The Balaban J connectivity index is 2.96. The number of hydrogen-bond acceptors (Lipinski definition) is 3. The summed E-state index contributed by atoms with van der Waals surface area (Å²) >= 11 is 0. The minimum absolute atomic E-state index is 0.115. The van der Waals surface area contributed by atoms with E-state index in [1.165, 1.54) is 6.92 Å². The molecule has 0 aliphatic rings. The van der Waals surface area contributed by atoms with Gasteiger partial charge in [0, 0.05) is 6.54 Å². The number of halogens is 3. The van der Waals surface area contributed by atoms with Crippen LogP contribution in [0.25, 0.3) is 0 Å². The van der Waals surface area contributed by atoms with Gasteiger partial charge in [-0.2, -0.15) is 0 Å². The van der Waals surface area contributed by atoms with Crippen LogP contribution in [0.5, 0.6) is 0 Å². The molecule has 0 aromatic heterocycles. The first kappa shape index (κ1) is 17.9. The third-order valence-electron chi connectivity index (χ3n) is 2.78. The Morgan fingerprint density at radius 1 is 1.24 bits per heavy atom. The number of benzene rings is 1. The normalized spacial score (nSPS) is 15.2. The van der Waals surface area contributed by atoms with Crippen LogP contribution in [0, 0.1) is 23.4 Å². The fourth-order valence-corrected chi connectivity index (χ4v) is 3.22. The first-order valence-corrected chi connectivity index (χ1v) is 7.80. The molecule has 0 radical (unpaired) electrons. The quantitative estimate of drug-likeness (QED) is 0.788. The van der Waals surface area contributed by atoms with Crippen molar-refractivity contribution in [3.05, 3.63) is 29.6 Å². The van der Waals surface area contributed by atoms with Crippen LogP contribution >= 0.6 is 0 Å². The predicted molar refractivity (Wildman–Crippen MR) is 71.6 cm³/mol. The Bertz CT molecular complexity index is 615. The molecule has 1 aromatic carbocycles. The van der Waals surface area contributed by atoms with Gasteiger partial charge in [0.1, 0.15) is 4.90 Å². The summed E-state index contributed by atoms with van der Waals surface area (Å²) in [7, 11) is -4.39. The van der Waals surface area contributed by atoms with Crippen LogP contribution in [0.2, 0.25) is 0 Å². The first-order valence-electron chi connectivity index (χ1n) is 6.32. The van der Waals surface area contributed by atoms with Crippen LogP contribution in [0.3, 0.4) is 0 Å². The highest BCUT2D eigenvalue weighted by Gasteiger charge is 2.28. The van der Waals surface area contributed by atoms with Gasteiger partial charge in [-0.1, -0.05) is 13.8 Å². The monoisotopic (exact) mass is 325 g/mol. The summed E-state index contributed by atoms with van der Waals surface area (Å²) in [5.41, 5.74) is -1.34. The van der Waals surface area contributed by atoms with Gasteiger partial charge in [0.05, 0.1) is 5.60 Å². The molecule has 0 amide bonds. The lowest BCUT2D eigenvalue weighted by molar-refractivity contribution is 0.0436. The molecule has 0 bridgehead atoms. The fourth-order valence-electron chi connectivity index (χ4n) is 2.00. The molecule has 0 fully saturated rings. The minimum atomic E-state index is -4.39. The Hall–Kier alpha value is -1.12. The van der Waals surface area contributed by atoms with Crippen molar-refractivity contribution in [1.82, 2.24) is 4.72 Å². The molecular weight excluding hydrogens is 307 g/mol. The fraction of sp³-hybridized carbons (Fsp3) is 0.538. The van der Waals surface area contributed by atoms with Gasteiger partial charge in [0.15, 0.2) is 17.5 Å². The van der Waals surface area contributed by atoms with Crippen molar-refractivity contribution >= 4 is 10.0 Å². The zero-order valence-corrected chi connectivity index (χ0v) is 12.8. The van der Waals surface area contributed by atoms with Gasteiger partial charge in [-0.25, -0.2) is 26.3 Å². The van der Waals surface area contributed by atoms with Gasteiger partial charge in [-0.15, -0.1) is 0 Å². The molecule has 2 N–H and O–H groups in total. The maximum absolute atomic E-state index is 13.5. The predicted octanol–water partition coefficient (Wildman–Crippen LogP) is 2.18. The maximum atomic E-state index is 13.5. The van der Waals surface area contributed by atoms with Crippen molar-refractivity contribution in [2.75, 3.05) is 6.54 Å². The molecule has 0 aliphatic carbocycles. The van der Waals surface area contributed by atoms with Gasteiger partial charge >= 0.3 is 0 Å². The second kappa shape index (κ2) is 6.33. The lowest BCUT2D eigenvalue weighted by atomic mass is 9.95. The van der Waals surface area contributed by atoms with Crippen LogP contribution in [0.15, 0.2) is 17.0 Å². The van der Waals surface area contributed by atoms with E-state index in [2.05, 4.69) is 0 Å². The minimum Gasteiger partial charge on any atom is -0.389 e. The molecule has 120 valence electrons. The number of nitrogens with one attached hydrogen (secondary N) is 1. The highest BCUT2D eigenvalue weighted by atomic mass is 32.2. The van der Waals surface area contributed by atoms with Crippen LogP contribution in [0.1, 0.15) is 27.2 Å². The van der Waals surface area contributed by atoms with Gasteiger partial charge in [0.25, 0.3) is 0 Å². The summed E-state index contributed by atoms with van der Waals surface area (Å²) in [4.78, 5) is -0.998. The first-order chi connectivity index (χ1) is 9.46. The van der Waals surface area contributed by atoms with Crippen LogP contribution in [0.4, 0.5) is 13.2 Å². The summed E-state index contributed by atoms with van der Waals surface area (Å²) in [6.07, 6.45) is 0.315. The van der Waals surface area contributed by atoms with E-state index in [0.717, 1.165) is 0 Å². The van der Waals surface area contributed by atoms with Crippen molar-refractivity contribution in [1.29, 1.82) is 0 Å². The molecule has 0 saturated heterocycles. The SMILES string of the molecule is CC(C)CC(C)(O)CNS(=O)(=O)c1ccc(F)c(F)c1F. The second-order valence-electron chi connectivity index (χ2n) is 5.59. The lowest BCUT2D eigenvalue weighted by Gasteiger charge is -2.25. The third-order valence-corrected chi connectivity index (χ3v) is 4.20. The topological polar surface area (TPSA) is 66.4 Å². The van der Waals surface area contributed by atoms with E-state index in [0.29, 0.717) is 18.6 Å². The zero-order valence-electron chi connectivity index (χ0n) is 12.0. The molecule has 21 heavy (non-hydrogen) atoms. The van der Waals surface area contributed by atoms with Gasteiger partial charge in [-0.05, 0) is 31.4 Å². The average Bonchev–Trinajstić information content (AvgIpc) is 2.32. The van der Waals surface area contributed by atoms with E-state index in [4.69, 9.17) is 0 Å². The largest absolute Gasteiger partial charge is 0.389 e. The highest BCUT2D eigenvalue weighted by Crippen LogP contribution is 2.21. The van der Waals surface area contributed by atoms with Gasteiger partial charge in [-0.3, -0.25) is 0 Å². The summed E-state index contributed by atoms with van der Waals surface area (Å²) in [5.74, 6) is -5.00. The van der Waals surface area contributed by atoms with Crippen molar-refractivity contribution < 1.29 is 26.7 Å². The number of aliphatic hydroxyl groups is 1. The summed E-state index contributed by atoms with van der Waals surface area (Å²) in [6, 6.07) is 1.16. The molecule has 8 heteroatoms. The van der Waals surface area contributed by atoms with Crippen LogP contribution in [-0.4, -0.2) is 25.7 Å². The Morgan fingerprint density at radius 3 is 2.33 bits per heavy atom. The third kappa shape index (κ3) is 4.69. The summed E-state index contributed by atoms with van der Waals surface area (Å²) in [6.45, 7) is 4.75. The second-order valence-corrected chi connectivity index (χ2v) is 7.33. The zero-order chi connectivity index (χ0) is 16.4. The van der Waals surface area contributed by atoms with E-state index in [1.807, 2.05) is 18.6 Å². The van der Waals surface area contributed by atoms with Crippen LogP contribution in [-0.2, 0) is 10.0 Å². The number of hydrogen-bond donors (Lipinski definition) is 2. The van der Waals surface area contributed by atoms with E-state index in [9.17, 15) is 26.7 Å². The number of rotatable bonds is 6. The molecule has 1 aromatic rings. The lowest BCUT2D eigenvalue weighted by Crippen LogP contribution is -2.41.